The van der Waals surface area contributed by atoms with Gasteiger partial charge in [0.1, 0.15) is 17.2 Å². The van der Waals surface area contributed by atoms with Crippen LogP contribution in [0.4, 0.5) is 5.82 Å². The number of nitrogen functional groups attached to an aromatic ring is 1. The normalized spacial score (nSPS) is 12.0. The Morgan fingerprint density at radius 3 is 2.41 bits per heavy atom. The third kappa shape index (κ3) is 2.35. The monoisotopic (exact) mass is 295 g/mol. The van der Waals surface area contributed by atoms with Gasteiger partial charge in [-0.15, -0.1) is 0 Å². The smallest absolute Gasteiger partial charge is 0.144 e. The van der Waals surface area contributed by atoms with Crippen molar-refractivity contribution in [3.63, 3.8) is 0 Å². The lowest BCUT2D eigenvalue weighted by Gasteiger charge is -2.18. The van der Waals surface area contributed by atoms with Crippen molar-refractivity contribution in [2.75, 3.05) is 5.73 Å². The standard InChI is InChI=1S/C18H21N3O/c1-18(2,3)14-8-6-12(7-9-14)15-16(19)21-10-4-5-13(11-22)17(21)20-15/h4-10,22H,11,19H2,1-3H3. The summed E-state index contributed by atoms with van der Waals surface area (Å²) in [4.78, 5) is 4.62. The predicted octanol–water partition coefficient (Wildman–Crippen LogP) is 3.37. The van der Waals surface area contributed by atoms with Gasteiger partial charge in [0.2, 0.25) is 0 Å². The van der Waals surface area contributed by atoms with E-state index in [0.29, 0.717) is 11.5 Å². The van der Waals surface area contributed by atoms with Gasteiger partial charge in [0.25, 0.3) is 0 Å². The lowest BCUT2D eigenvalue weighted by Crippen LogP contribution is -2.10. The summed E-state index contributed by atoms with van der Waals surface area (Å²) in [7, 11) is 0. The first kappa shape index (κ1) is 14.6. The highest BCUT2D eigenvalue weighted by Crippen LogP contribution is 2.30. The fourth-order valence-electron chi connectivity index (χ4n) is 2.61. The van der Waals surface area contributed by atoms with Gasteiger partial charge < -0.3 is 10.8 Å². The minimum absolute atomic E-state index is 0.0524. The zero-order valence-corrected chi connectivity index (χ0v) is 13.2. The van der Waals surface area contributed by atoms with Crippen molar-refractivity contribution in [2.45, 2.75) is 32.8 Å². The molecule has 114 valence electrons. The molecule has 2 aromatic heterocycles. The second kappa shape index (κ2) is 5.14. The van der Waals surface area contributed by atoms with Crippen molar-refractivity contribution in [3.8, 4) is 11.3 Å². The number of benzene rings is 1. The first-order chi connectivity index (χ1) is 10.4. The number of anilines is 1. The molecule has 4 heteroatoms. The fourth-order valence-corrected chi connectivity index (χ4v) is 2.61. The van der Waals surface area contributed by atoms with Crippen LogP contribution in [0.5, 0.6) is 0 Å². The zero-order chi connectivity index (χ0) is 15.9. The molecular formula is C18H21N3O. The Balaban J connectivity index is 2.12. The Bertz CT molecular complexity index is 811. The molecule has 0 saturated carbocycles. The SMILES string of the molecule is CC(C)(C)c1ccc(-c2nc3c(CO)cccn3c2N)cc1. The molecule has 0 spiro atoms. The number of aliphatic hydroxyl groups is 1. The number of hydrogen-bond acceptors (Lipinski definition) is 3. The van der Waals surface area contributed by atoms with Gasteiger partial charge in [-0.25, -0.2) is 4.98 Å². The maximum atomic E-state index is 9.44. The average molecular weight is 295 g/mol. The minimum atomic E-state index is -0.0524. The highest BCUT2D eigenvalue weighted by atomic mass is 16.3. The van der Waals surface area contributed by atoms with E-state index in [2.05, 4.69) is 50.0 Å². The molecule has 0 aliphatic heterocycles. The molecule has 3 aromatic rings. The molecule has 1 aromatic carbocycles. The maximum Gasteiger partial charge on any atom is 0.144 e. The number of hydrogen-bond donors (Lipinski definition) is 2. The van der Waals surface area contributed by atoms with E-state index in [9.17, 15) is 5.11 Å². The number of nitrogens with two attached hydrogens (primary N) is 1. The number of rotatable bonds is 2. The molecular weight excluding hydrogens is 274 g/mol. The average Bonchev–Trinajstić information content (AvgIpc) is 2.84. The van der Waals surface area contributed by atoms with Gasteiger partial charge in [0.15, 0.2) is 0 Å². The van der Waals surface area contributed by atoms with Crippen LogP contribution in [0.25, 0.3) is 16.9 Å². The molecule has 0 unspecified atom stereocenters. The Morgan fingerprint density at radius 2 is 1.82 bits per heavy atom. The Morgan fingerprint density at radius 1 is 1.14 bits per heavy atom. The summed E-state index contributed by atoms with van der Waals surface area (Å²) < 4.78 is 1.82. The van der Waals surface area contributed by atoms with Crippen LogP contribution < -0.4 is 5.73 Å². The summed E-state index contributed by atoms with van der Waals surface area (Å²) in [6.45, 7) is 6.52. The van der Waals surface area contributed by atoms with Gasteiger partial charge in [-0.3, -0.25) is 4.40 Å². The van der Waals surface area contributed by atoms with Gasteiger partial charge in [0, 0.05) is 17.3 Å². The predicted molar refractivity (Wildman–Crippen MR) is 89.7 cm³/mol. The van der Waals surface area contributed by atoms with E-state index in [4.69, 9.17) is 5.73 Å². The van der Waals surface area contributed by atoms with Crippen molar-refractivity contribution in [2.24, 2.45) is 0 Å². The second-order valence-corrected chi connectivity index (χ2v) is 6.56. The minimum Gasteiger partial charge on any atom is -0.392 e. The number of pyridine rings is 1. The van der Waals surface area contributed by atoms with Crippen LogP contribution in [0.15, 0.2) is 42.6 Å². The molecule has 3 rings (SSSR count). The topological polar surface area (TPSA) is 63.5 Å². The van der Waals surface area contributed by atoms with Crippen LogP contribution in [0, 0.1) is 0 Å². The Hall–Kier alpha value is -2.33. The lowest BCUT2D eigenvalue weighted by molar-refractivity contribution is 0.282. The van der Waals surface area contributed by atoms with Gasteiger partial charge in [0.05, 0.1) is 6.61 Å². The molecule has 2 heterocycles. The van der Waals surface area contributed by atoms with Gasteiger partial charge in [-0.1, -0.05) is 51.1 Å². The molecule has 0 amide bonds. The molecule has 22 heavy (non-hydrogen) atoms. The first-order valence-corrected chi connectivity index (χ1v) is 7.39. The summed E-state index contributed by atoms with van der Waals surface area (Å²) >= 11 is 0. The summed E-state index contributed by atoms with van der Waals surface area (Å²) in [6, 6.07) is 12.1. The zero-order valence-electron chi connectivity index (χ0n) is 13.2. The van der Waals surface area contributed by atoms with Gasteiger partial charge >= 0.3 is 0 Å². The summed E-state index contributed by atoms with van der Waals surface area (Å²) in [6.07, 6.45) is 1.86. The molecule has 0 atom stereocenters. The van der Waals surface area contributed by atoms with Crippen LogP contribution in [-0.4, -0.2) is 14.5 Å². The van der Waals surface area contributed by atoms with E-state index in [1.165, 1.54) is 5.56 Å². The van der Waals surface area contributed by atoms with Crippen LogP contribution in [0.2, 0.25) is 0 Å². The quantitative estimate of drug-likeness (QED) is 0.762. The Kier molecular flexibility index (Phi) is 3.41. The largest absolute Gasteiger partial charge is 0.392 e. The molecule has 4 nitrogen and oxygen atoms in total. The lowest BCUT2D eigenvalue weighted by atomic mass is 9.86. The van der Waals surface area contributed by atoms with Crippen LogP contribution in [0.3, 0.4) is 0 Å². The van der Waals surface area contributed by atoms with Gasteiger partial charge in [-0.05, 0) is 17.0 Å². The van der Waals surface area contributed by atoms with E-state index in [-0.39, 0.29) is 12.0 Å². The number of nitrogens with zero attached hydrogens (tertiary/aromatic N) is 2. The van der Waals surface area contributed by atoms with E-state index in [1.807, 2.05) is 22.7 Å². The highest BCUT2D eigenvalue weighted by molar-refractivity contribution is 5.76. The highest BCUT2D eigenvalue weighted by Gasteiger charge is 2.16. The third-order valence-corrected chi connectivity index (χ3v) is 3.96. The fraction of sp³-hybridized carbons (Fsp3) is 0.278. The molecule has 0 aliphatic rings. The number of aliphatic hydroxyl groups excluding tert-OH is 1. The molecule has 3 N–H and O–H groups in total. The molecule has 0 bridgehead atoms. The van der Waals surface area contributed by atoms with Crippen molar-refractivity contribution >= 4 is 11.5 Å². The number of imidazole rings is 1. The third-order valence-electron chi connectivity index (χ3n) is 3.96. The van der Waals surface area contributed by atoms with Crippen molar-refractivity contribution in [3.05, 3.63) is 53.7 Å². The van der Waals surface area contributed by atoms with Crippen molar-refractivity contribution in [1.82, 2.24) is 9.38 Å². The molecule has 0 fully saturated rings. The molecule has 0 saturated heterocycles. The summed E-state index contributed by atoms with van der Waals surface area (Å²) in [5.41, 5.74) is 10.8. The Labute approximate surface area is 130 Å². The maximum absolute atomic E-state index is 9.44. The van der Waals surface area contributed by atoms with E-state index >= 15 is 0 Å². The van der Waals surface area contributed by atoms with E-state index < -0.39 is 0 Å². The first-order valence-electron chi connectivity index (χ1n) is 7.39. The second-order valence-electron chi connectivity index (χ2n) is 6.56. The molecule has 0 radical (unpaired) electrons. The van der Waals surface area contributed by atoms with Crippen molar-refractivity contribution in [1.29, 1.82) is 0 Å². The van der Waals surface area contributed by atoms with Crippen LogP contribution >= 0.6 is 0 Å². The summed E-state index contributed by atoms with van der Waals surface area (Å²) in [5.74, 6) is 0.591. The van der Waals surface area contributed by atoms with Crippen LogP contribution in [-0.2, 0) is 12.0 Å². The number of fused-ring (bicyclic) bond motifs is 1. The van der Waals surface area contributed by atoms with E-state index in [1.54, 1.807) is 0 Å². The van der Waals surface area contributed by atoms with Crippen LogP contribution in [0.1, 0.15) is 31.9 Å². The number of aromatic nitrogens is 2. The molecule has 0 aliphatic carbocycles. The summed E-state index contributed by atoms with van der Waals surface area (Å²) in [5, 5.41) is 9.44. The van der Waals surface area contributed by atoms with E-state index in [0.717, 1.165) is 16.8 Å². The van der Waals surface area contributed by atoms with Gasteiger partial charge in [-0.2, -0.15) is 0 Å². The van der Waals surface area contributed by atoms with Crippen molar-refractivity contribution < 1.29 is 5.11 Å².